The van der Waals surface area contributed by atoms with Crippen LogP contribution in [0.5, 0.6) is 0 Å². The van der Waals surface area contributed by atoms with Crippen molar-refractivity contribution in [2.24, 2.45) is 0 Å². The molecule has 11 heteroatoms. The van der Waals surface area contributed by atoms with Crippen LogP contribution in [-0.2, 0) is 10.0 Å². The zero-order valence-corrected chi connectivity index (χ0v) is 23.2. The second-order valence-electron chi connectivity index (χ2n) is 10.4. The van der Waals surface area contributed by atoms with Gasteiger partial charge in [-0.2, -0.15) is 0 Å². The number of nitrogens with one attached hydrogen (secondary N) is 2. The summed E-state index contributed by atoms with van der Waals surface area (Å²) in [5.41, 5.74) is 5.84. The Hall–Kier alpha value is -3.25. The Morgan fingerprint density at radius 1 is 1.05 bits per heavy atom. The molecule has 3 N–H and O–H groups in total. The van der Waals surface area contributed by atoms with Crippen LogP contribution < -0.4 is 20.1 Å². The summed E-state index contributed by atoms with van der Waals surface area (Å²) in [7, 11) is -3.85. The largest absolute Gasteiger partial charge is 0.395 e. The number of rotatable bonds is 9. The maximum atomic E-state index is 13.5. The predicted octanol–water partition coefficient (Wildman–Crippen LogP) is 3.14. The van der Waals surface area contributed by atoms with Gasteiger partial charge in [-0.3, -0.25) is 10.3 Å². The van der Waals surface area contributed by atoms with Crippen molar-refractivity contribution < 1.29 is 13.5 Å². The predicted molar refractivity (Wildman–Crippen MR) is 151 cm³/mol. The first kappa shape index (κ1) is 27.8. The number of nitrogens with zero attached hydrogens (tertiary/aromatic N) is 5. The van der Waals surface area contributed by atoms with Crippen molar-refractivity contribution in [2.75, 3.05) is 54.7 Å². The molecule has 1 aromatic heterocycles. The van der Waals surface area contributed by atoms with Gasteiger partial charge < -0.3 is 10.0 Å². The van der Waals surface area contributed by atoms with Crippen LogP contribution in [0, 0.1) is 6.92 Å². The lowest BCUT2D eigenvalue weighted by atomic mass is 10.1. The van der Waals surface area contributed by atoms with E-state index in [2.05, 4.69) is 42.0 Å². The van der Waals surface area contributed by atoms with E-state index >= 15 is 0 Å². The zero-order chi connectivity index (χ0) is 27.3. The van der Waals surface area contributed by atoms with Gasteiger partial charge in [-0.1, -0.05) is 18.2 Å². The van der Waals surface area contributed by atoms with Gasteiger partial charge in [0.1, 0.15) is 11.2 Å². The molecule has 0 bridgehead atoms. The highest BCUT2D eigenvalue weighted by molar-refractivity contribution is 7.89. The molecule has 3 aromatic rings. The maximum absolute atomic E-state index is 13.5. The summed E-state index contributed by atoms with van der Waals surface area (Å²) in [6, 6.07) is 14.9. The highest BCUT2D eigenvalue weighted by Gasteiger charge is 2.28. The molecule has 0 saturated carbocycles. The molecule has 0 aliphatic carbocycles. The summed E-state index contributed by atoms with van der Waals surface area (Å²) in [4.78, 5) is 13.3. The molecular weight excluding hydrogens is 502 g/mol. The fourth-order valence-corrected chi connectivity index (χ4v) is 6.06. The topological polar surface area (TPSA) is 114 Å². The van der Waals surface area contributed by atoms with Gasteiger partial charge in [0, 0.05) is 55.7 Å². The molecule has 0 amide bonds. The molecule has 1 fully saturated rings. The molecule has 1 aliphatic heterocycles. The van der Waals surface area contributed by atoms with Gasteiger partial charge in [-0.15, -0.1) is 0 Å². The number of aliphatic hydroxyl groups is 1. The number of para-hydroxylation sites is 1. The average Bonchev–Trinajstić information content (AvgIpc) is 2.87. The van der Waals surface area contributed by atoms with Gasteiger partial charge in [0.2, 0.25) is 10.0 Å². The lowest BCUT2D eigenvalue weighted by Crippen LogP contribution is -2.47. The first-order valence-corrected chi connectivity index (χ1v) is 14.2. The SMILES string of the molecule is Cc1cncnc1N(Nc1cccc(N2CCN(CCO)CC2)c1)c1ccccc1S(=O)(=O)NC(C)(C)C. The Balaban J connectivity index is 1.70. The number of sulfonamides is 1. The van der Waals surface area contributed by atoms with Crippen LogP contribution in [-0.4, -0.2) is 73.3 Å². The average molecular weight is 540 g/mol. The fraction of sp³-hybridized carbons (Fsp3) is 0.407. The summed E-state index contributed by atoms with van der Waals surface area (Å²) in [6.45, 7) is 11.7. The summed E-state index contributed by atoms with van der Waals surface area (Å²) >= 11 is 0. The number of anilines is 4. The van der Waals surface area contributed by atoms with Gasteiger partial charge in [0.25, 0.3) is 0 Å². The van der Waals surface area contributed by atoms with Gasteiger partial charge in [0.15, 0.2) is 5.82 Å². The van der Waals surface area contributed by atoms with Gasteiger partial charge >= 0.3 is 0 Å². The normalized spacial score (nSPS) is 14.9. The van der Waals surface area contributed by atoms with Crippen molar-refractivity contribution in [1.29, 1.82) is 0 Å². The lowest BCUT2D eigenvalue weighted by molar-refractivity contribution is 0.189. The standard InChI is InChI=1S/C27H37N7O3S/c1-21-19-28-20-29-26(21)34(24-10-5-6-11-25(24)38(36,37)31-27(2,3)4)30-22-8-7-9-23(18-22)33-14-12-32(13-15-33)16-17-35/h5-11,18-20,30-31,35H,12-17H2,1-4H3. The summed E-state index contributed by atoms with van der Waals surface area (Å²) in [6.07, 6.45) is 3.15. The number of hydrogen-bond acceptors (Lipinski definition) is 9. The van der Waals surface area contributed by atoms with Crippen molar-refractivity contribution in [3.05, 3.63) is 66.6 Å². The van der Waals surface area contributed by atoms with Crippen LogP contribution in [0.25, 0.3) is 0 Å². The van der Waals surface area contributed by atoms with E-state index in [1.54, 1.807) is 35.5 Å². The molecule has 1 saturated heterocycles. The van der Waals surface area contributed by atoms with Crippen molar-refractivity contribution in [2.45, 2.75) is 38.1 Å². The van der Waals surface area contributed by atoms with Crippen LogP contribution in [0.15, 0.2) is 66.0 Å². The second-order valence-corrected chi connectivity index (χ2v) is 12.1. The zero-order valence-electron chi connectivity index (χ0n) is 22.4. The monoisotopic (exact) mass is 539 g/mol. The van der Waals surface area contributed by atoms with E-state index in [1.165, 1.54) is 6.33 Å². The molecular formula is C27H37N7O3S. The van der Waals surface area contributed by atoms with Crippen LogP contribution in [0.2, 0.25) is 0 Å². The molecule has 0 spiro atoms. The van der Waals surface area contributed by atoms with Crippen molar-refractivity contribution in [1.82, 2.24) is 19.6 Å². The molecule has 2 aromatic carbocycles. The van der Waals surface area contributed by atoms with Gasteiger partial charge in [-0.25, -0.2) is 28.1 Å². The first-order chi connectivity index (χ1) is 18.1. The van der Waals surface area contributed by atoms with Crippen LogP contribution >= 0.6 is 0 Å². The van der Waals surface area contributed by atoms with Gasteiger partial charge in [-0.05, 0) is 58.0 Å². The summed E-state index contributed by atoms with van der Waals surface area (Å²) < 4.78 is 29.7. The number of piperazine rings is 1. The first-order valence-electron chi connectivity index (χ1n) is 12.7. The van der Waals surface area contributed by atoms with E-state index in [4.69, 9.17) is 0 Å². The van der Waals surface area contributed by atoms with E-state index in [0.29, 0.717) is 18.1 Å². The fourth-order valence-electron chi connectivity index (χ4n) is 4.45. The summed E-state index contributed by atoms with van der Waals surface area (Å²) in [5, 5.41) is 10.9. The maximum Gasteiger partial charge on any atom is 0.243 e. The highest BCUT2D eigenvalue weighted by Crippen LogP contribution is 2.33. The number of β-amino-alcohol motifs (C(OH)–C–C–N with tert-alkyl or cyclic N) is 1. The number of benzene rings is 2. The van der Waals surface area contributed by atoms with Crippen LogP contribution in [0.3, 0.4) is 0 Å². The van der Waals surface area contributed by atoms with Crippen molar-refractivity contribution >= 4 is 32.9 Å². The van der Waals surface area contributed by atoms with Gasteiger partial charge in [0.05, 0.1) is 18.0 Å². The minimum absolute atomic E-state index is 0.136. The Morgan fingerprint density at radius 2 is 1.79 bits per heavy atom. The van der Waals surface area contributed by atoms with E-state index < -0.39 is 15.6 Å². The lowest BCUT2D eigenvalue weighted by Gasteiger charge is -2.36. The number of aromatic nitrogens is 2. The number of hydrazine groups is 1. The number of aliphatic hydroxyl groups excluding tert-OH is 1. The van der Waals surface area contributed by atoms with E-state index in [9.17, 15) is 13.5 Å². The molecule has 4 rings (SSSR count). The van der Waals surface area contributed by atoms with E-state index in [1.807, 2.05) is 39.8 Å². The number of hydrogen-bond donors (Lipinski definition) is 3. The Morgan fingerprint density at radius 3 is 2.47 bits per heavy atom. The third-order valence-corrected chi connectivity index (χ3v) is 7.96. The van der Waals surface area contributed by atoms with Crippen molar-refractivity contribution in [3.63, 3.8) is 0 Å². The van der Waals surface area contributed by atoms with E-state index in [0.717, 1.165) is 43.1 Å². The molecule has 10 nitrogen and oxygen atoms in total. The molecule has 0 radical (unpaired) electrons. The van der Waals surface area contributed by atoms with Crippen LogP contribution in [0.1, 0.15) is 26.3 Å². The summed E-state index contributed by atoms with van der Waals surface area (Å²) in [5.74, 6) is 0.543. The Kier molecular flexibility index (Phi) is 8.51. The second kappa shape index (κ2) is 11.6. The third-order valence-electron chi connectivity index (χ3n) is 6.16. The molecule has 1 aliphatic rings. The molecule has 204 valence electrons. The Labute approximate surface area is 225 Å². The van der Waals surface area contributed by atoms with Crippen LogP contribution in [0.4, 0.5) is 22.9 Å². The quantitative estimate of drug-likeness (QED) is 0.353. The molecule has 0 unspecified atom stereocenters. The minimum Gasteiger partial charge on any atom is -0.395 e. The van der Waals surface area contributed by atoms with E-state index in [-0.39, 0.29) is 11.5 Å². The molecule has 38 heavy (non-hydrogen) atoms. The van der Waals surface area contributed by atoms with Crippen molar-refractivity contribution in [3.8, 4) is 0 Å². The molecule has 0 atom stereocenters. The molecule has 2 heterocycles. The Bertz CT molecular complexity index is 1340. The smallest absolute Gasteiger partial charge is 0.243 e. The number of aryl methyl sites for hydroxylation is 1. The minimum atomic E-state index is -3.85. The highest BCUT2D eigenvalue weighted by atomic mass is 32.2. The third kappa shape index (κ3) is 6.79.